The molecule has 0 fully saturated rings. The van der Waals surface area contributed by atoms with Crippen LogP contribution in [0.1, 0.15) is 0 Å². The van der Waals surface area contributed by atoms with Crippen LogP contribution in [0.4, 0.5) is 35.1 Å². The van der Waals surface area contributed by atoms with E-state index in [0.717, 1.165) is 0 Å². The SMILES string of the molecule is F[C](F)C(F)(F)C(F)(F)C(F)(F)Cl. The number of halogens is 9. The molecule has 0 aromatic carbocycles. The molecule has 13 heavy (non-hydrogen) atoms. The van der Waals surface area contributed by atoms with Crippen LogP contribution in [0, 0.1) is 6.43 Å². The van der Waals surface area contributed by atoms with E-state index in [1.54, 1.807) is 0 Å². The second kappa shape index (κ2) is 3.14. The van der Waals surface area contributed by atoms with Crippen molar-refractivity contribution in [2.75, 3.05) is 0 Å². The maximum Gasteiger partial charge on any atom is 0.393 e. The van der Waals surface area contributed by atoms with Gasteiger partial charge >= 0.3 is 23.7 Å². The minimum atomic E-state index is -6.33. The predicted molar refractivity (Wildman–Crippen MR) is 26.2 cm³/mol. The fourth-order valence-corrected chi connectivity index (χ4v) is 0.415. The predicted octanol–water partition coefficient (Wildman–Crippen LogP) is 3.52. The molecule has 0 aliphatic carbocycles. The molecule has 0 saturated carbocycles. The number of alkyl halides is 7. The van der Waals surface area contributed by atoms with Gasteiger partial charge in [-0.3, -0.25) is 0 Å². The smallest absolute Gasteiger partial charge is 0.192 e. The summed E-state index contributed by atoms with van der Waals surface area (Å²) in [5.41, 5.74) is 0. The molecule has 0 atom stereocenters. The highest BCUT2D eigenvalue weighted by Gasteiger charge is 2.76. The number of hydrogen-bond acceptors (Lipinski definition) is 0. The highest BCUT2D eigenvalue weighted by Crippen LogP contribution is 2.52. The van der Waals surface area contributed by atoms with E-state index in [0.29, 0.717) is 0 Å². The second-order valence-electron chi connectivity index (χ2n) is 1.91. The van der Waals surface area contributed by atoms with E-state index in [1.165, 1.54) is 0 Å². The van der Waals surface area contributed by atoms with Crippen molar-refractivity contribution >= 4 is 11.6 Å². The van der Waals surface area contributed by atoms with Crippen molar-refractivity contribution in [1.82, 2.24) is 0 Å². The van der Waals surface area contributed by atoms with Gasteiger partial charge in [-0.2, -0.15) is 35.1 Å². The molecule has 0 aromatic heterocycles. The van der Waals surface area contributed by atoms with Crippen molar-refractivity contribution in [3.05, 3.63) is 6.43 Å². The summed E-state index contributed by atoms with van der Waals surface area (Å²) in [6.45, 7) is 0. The summed E-state index contributed by atoms with van der Waals surface area (Å²) in [4.78, 5) is 0. The summed E-state index contributed by atoms with van der Waals surface area (Å²) in [5.74, 6) is -12.6. The Hall–Kier alpha value is -0.270. The minimum Gasteiger partial charge on any atom is -0.192 e. The van der Waals surface area contributed by atoms with Gasteiger partial charge in [0.15, 0.2) is 0 Å². The van der Waals surface area contributed by atoms with Crippen molar-refractivity contribution in [3.8, 4) is 0 Å². The molecule has 9 heteroatoms. The average Bonchev–Trinajstić information content (AvgIpc) is 1.84. The summed E-state index contributed by atoms with van der Waals surface area (Å²) in [7, 11) is 0. The lowest BCUT2D eigenvalue weighted by molar-refractivity contribution is -0.290. The first kappa shape index (κ1) is 12.7. The first-order chi connectivity index (χ1) is 5.44. The first-order valence-electron chi connectivity index (χ1n) is 2.45. The van der Waals surface area contributed by atoms with Crippen molar-refractivity contribution < 1.29 is 35.1 Å². The summed E-state index contributed by atoms with van der Waals surface area (Å²) in [5, 5.41) is -5.75. The average molecular weight is 235 g/mol. The Morgan fingerprint density at radius 1 is 0.846 bits per heavy atom. The minimum absolute atomic E-state index is 3.54. The fourth-order valence-electron chi connectivity index (χ4n) is 0.297. The zero-order chi connectivity index (χ0) is 11.1. The van der Waals surface area contributed by atoms with E-state index < -0.39 is 23.7 Å². The van der Waals surface area contributed by atoms with E-state index in [2.05, 4.69) is 11.6 Å². The molecule has 0 spiro atoms. The molecule has 0 unspecified atom stereocenters. The molecule has 79 valence electrons. The third-order valence-electron chi connectivity index (χ3n) is 0.988. The van der Waals surface area contributed by atoms with E-state index in [4.69, 9.17) is 0 Å². The Morgan fingerprint density at radius 2 is 1.15 bits per heavy atom. The second-order valence-corrected chi connectivity index (χ2v) is 2.38. The molecule has 0 saturated heterocycles. The van der Waals surface area contributed by atoms with Gasteiger partial charge in [0.25, 0.3) is 0 Å². The molecule has 0 aromatic rings. The maximum absolute atomic E-state index is 11.8. The lowest BCUT2D eigenvalue weighted by Crippen LogP contribution is -2.52. The standard InChI is InChI=1S/C4ClF8/c5-4(12,13)3(10,11)2(8,9)1(6)7. The van der Waals surface area contributed by atoms with Crippen LogP contribution in [0.25, 0.3) is 0 Å². The summed E-state index contributed by atoms with van der Waals surface area (Å²) in [6.07, 6.45) is -4.13. The summed E-state index contributed by atoms with van der Waals surface area (Å²) < 4.78 is 92.4. The van der Waals surface area contributed by atoms with Gasteiger partial charge in [-0.05, 0) is 11.6 Å². The topological polar surface area (TPSA) is 0 Å². The van der Waals surface area contributed by atoms with Gasteiger partial charge in [0.2, 0.25) is 0 Å². The normalized spacial score (nSPS) is 15.2. The van der Waals surface area contributed by atoms with Gasteiger partial charge in [-0.15, -0.1) is 0 Å². The van der Waals surface area contributed by atoms with Gasteiger partial charge in [-0.25, -0.2) is 0 Å². The van der Waals surface area contributed by atoms with Crippen LogP contribution in [0.3, 0.4) is 0 Å². The molecule has 0 aliphatic rings. The zero-order valence-electron chi connectivity index (χ0n) is 5.40. The molecule has 0 nitrogen and oxygen atoms in total. The van der Waals surface area contributed by atoms with Gasteiger partial charge in [0.1, 0.15) is 0 Å². The van der Waals surface area contributed by atoms with Gasteiger partial charge in [0, 0.05) is 0 Å². The number of hydrogen-bond donors (Lipinski definition) is 0. The molecule has 0 amide bonds. The van der Waals surface area contributed by atoms with Gasteiger partial charge in [-0.1, -0.05) is 0 Å². The van der Waals surface area contributed by atoms with E-state index in [9.17, 15) is 35.1 Å². The molecule has 1 radical (unpaired) electrons. The largest absolute Gasteiger partial charge is 0.393 e. The highest BCUT2D eigenvalue weighted by molar-refractivity contribution is 6.22. The molecule has 0 aliphatic heterocycles. The van der Waals surface area contributed by atoms with E-state index in [-0.39, 0.29) is 0 Å². The van der Waals surface area contributed by atoms with Crippen molar-refractivity contribution in [2.45, 2.75) is 17.2 Å². The molecule has 0 N–H and O–H groups in total. The van der Waals surface area contributed by atoms with Crippen LogP contribution in [0.2, 0.25) is 0 Å². The Balaban J connectivity index is 5.04. The van der Waals surface area contributed by atoms with Crippen molar-refractivity contribution in [3.63, 3.8) is 0 Å². The molecular weight excluding hydrogens is 235 g/mol. The van der Waals surface area contributed by atoms with Crippen LogP contribution in [0.15, 0.2) is 0 Å². The van der Waals surface area contributed by atoms with Gasteiger partial charge in [0.05, 0.1) is 0 Å². The Bertz CT molecular complexity index is 181. The maximum atomic E-state index is 11.8. The highest BCUT2D eigenvalue weighted by atomic mass is 35.5. The Morgan fingerprint density at radius 3 is 1.23 bits per heavy atom. The van der Waals surface area contributed by atoms with Crippen molar-refractivity contribution in [1.29, 1.82) is 0 Å². The molecule has 0 bridgehead atoms. The third-order valence-corrected chi connectivity index (χ3v) is 1.23. The van der Waals surface area contributed by atoms with Crippen LogP contribution >= 0.6 is 11.6 Å². The van der Waals surface area contributed by atoms with Crippen LogP contribution in [0.5, 0.6) is 0 Å². The van der Waals surface area contributed by atoms with E-state index >= 15 is 0 Å². The number of rotatable bonds is 3. The third kappa shape index (κ3) is 1.97. The van der Waals surface area contributed by atoms with Gasteiger partial charge < -0.3 is 0 Å². The Kier molecular flexibility index (Phi) is 3.08. The first-order valence-corrected chi connectivity index (χ1v) is 2.83. The van der Waals surface area contributed by atoms with Crippen LogP contribution in [-0.2, 0) is 0 Å². The monoisotopic (exact) mass is 235 g/mol. The fraction of sp³-hybridized carbons (Fsp3) is 0.750. The summed E-state index contributed by atoms with van der Waals surface area (Å²) in [6, 6.07) is 0. The van der Waals surface area contributed by atoms with Crippen molar-refractivity contribution in [2.24, 2.45) is 0 Å². The zero-order valence-corrected chi connectivity index (χ0v) is 6.16. The van der Waals surface area contributed by atoms with Crippen LogP contribution < -0.4 is 0 Å². The lowest BCUT2D eigenvalue weighted by Gasteiger charge is -2.27. The Labute approximate surface area is 71.5 Å². The molecule has 0 heterocycles. The van der Waals surface area contributed by atoms with E-state index in [1.807, 2.05) is 0 Å². The molecular formula is C4ClF8. The molecule has 0 rings (SSSR count). The quantitative estimate of drug-likeness (QED) is 0.519. The lowest BCUT2D eigenvalue weighted by atomic mass is 10.2. The van der Waals surface area contributed by atoms with Crippen LogP contribution in [-0.4, -0.2) is 17.2 Å². The summed E-state index contributed by atoms with van der Waals surface area (Å²) >= 11 is 3.54.